The van der Waals surface area contributed by atoms with Crippen LogP contribution in [0.5, 0.6) is 23.0 Å². The molecule has 0 bridgehead atoms. The van der Waals surface area contributed by atoms with Gasteiger partial charge in [-0.1, -0.05) is 41.4 Å². The molecule has 0 N–H and O–H groups in total. The van der Waals surface area contributed by atoms with Gasteiger partial charge in [0.2, 0.25) is 0 Å². The second kappa shape index (κ2) is 11.3. The zero-order valence-corrected chi connectivity index (χ0v) is 19.3. The molecule has 33 heavy (non-hydrogen) atoms. The molecule has 0 aliphatic carbocycles. The summed E-state index contributed by atoms with van der Waals surface area (Å²) in [5.41, 5.74) is 1.75. The second-order valence-electron chi connectivity index (χ2n) is 6.62. The fourth-order valence-corrected chi connectivity index (χ4v) is 3.41. The van der Waals surface area contributed by atoms with Crippen LogP contribution in [-0.4, -0.2) is 26.8 Å². The van der Waals surface area contributed by atoms with Crippen LogP contribution in [0.15, 0.2) is 60.7 Å². The maximum atomic E-state index is 12.3. The van der Waals surface area contributed by atoms with E-state index in [1.807, 2.05) is 12.1 Å². The first-order valence-electron chi connectivity index (χ1n) is 9.67. The van der Waals surface area contributed by atoms with Crippen LogP contribution in [0.4, 0.5) is 0 Å². The number of carbonyl (C=O) groups is 1. The quantitative estimate of drug-likeness (QED) is 0.167. The minimum atomic E-state index is -0.644. The number of ether oxygens (including phenoxy) is 4. The van der Waals surface area contributed by atoms with Crippen LogP contribution >= 0.6 is 23.2 Å². The Bertz CT molecular complexity index is 1230. The second-order valence-corrected chi connectivity index (χ2v) is 7.46. The lowest BCUT2D eigenvalue weighted by Gasteiger charge is -2.12. The normalized spacial score (nSPS) is 10.8. The number of benzene rings is 3. The van der Waals surface area contributed by atoms with Gasteiger partial charge in [0.15, 0.2) is 18.1 Å². The highest BCUT2D eigenvalue weighted by molar-refractivity contribution is 6.35. The number of esters is 1. The minimum absolute atomic E-state index is 0.209. The number of hydrogen-bond donors (Lipinski definition) is 0. The van der Waals surface area contributed by atoms with Crippen LogP contribution in [0.2, 0.25) is 10.0 Å². The molecule has 0 fully saturated rings. The van der Waals surface area contributed by atoms with E-state index in [9.17, 15) is 10.1 Å². The van der Waals surface area contributed by atoms with Crippen LogP contribution in [0.25, 0.3) is 11.6 Å². The van der Waals surface area contributed by atoms with Crippen LogP contribution in [-0.2, 0) is 4.79 Å². The molecule has 3 aromatic rings. The lowest BCUT2D eigenvalue weighted by atomic mass is 10.0. The molecule has 0 saturated carbocycles. The number of carbonyl (C=O) groups excluding carboxylic acids is 1. The van der Waals surface area contributed by atoms with Crippen molar-refractivity contribution in [3.8, 4) is 29.1 Å². The van der Waals surface area contributed by atoms with Crippen molar-refractivity contribution in [1.29, 1.82) is 5.26 Å². The Kier molecular flexibility index (Phi) is 8.20. The van der Waals surface area contributed by atoms with Gasteiger partial charge in [-0.3, -0.25) is 0 Å². The van der Waals surface area contributed by atoms with Crippen molar-refractivity contribution in [3.05, 3.63) is 81.8 Å². The molecule has 0 aliphatic heterocycles. The third kappa shape index (κ3) is 6.19. The molecule has 0 radical (unpaired) electrons. The van der Waals surface area contributed by atoms with Gasteiger partial charge in [0.05, 0.1) is 30.9 Å². The third-order valence-electron chi connectivity index (χ3n) is 4.48. The van der Waals surface area contributed by atoms with E-state index < -0.39 is 5.97 Å². The summed E-state index contributed by atoms with van der Waals surface area (Å²) in [6.07, 6.45) is 1.69. The van der Waals surface area contributed by atoms with Crippen molar-refractivity contribution in [2.24, 2.45) is 0 Å². The largest absolute Gasteiger partial charge is 0.496 e. The summed E-state index contributed by atoms with van der Waals surface area (Å²) in [5.74, 6) is 0.781. The Morgan fingerprint density at radius 2 is 1.67 bits per heavy atom. The summed E-state index contributed by atoms with van der Waals surface area (Å²) < 4.78 is 21.5. The molecule has 0 unspecified atom stereocenters. The average Bonchev–Trinajstić information content (AvgIpc) is 2.82. The van der Waals surface area contributed by atoms with Crippen molar-refractivity contribution >= 4 is 40.8 Å². The van der Waals surface area contributed by atoms with Gasteiger partial charge in [-0.15, -0.1) is 0 Å². The topological polar surface area (TPSA) is 77.8 Å². The predicted molar refractivity (Wildman–Crippen MR) is 127 cm³/mol. The number of allylic oxidation sites excluding steroid dienone is 1. The minimum Gasteiger partial charge on any atom is -0.496 e. The Hall–Kier alpha value is -3.66. The molecule has 0 atom stereocenters. The van der Waals surface area contributed by atoms with Gasteiger partial charge >= 0.3 is 5.97 Å². The maximum Gasteiger partial charge on any atom is 0.349 e. The molecule has 3 rings (SSSR count). The van der Waals surface area contributed by atoms with Gasteiger partial charge in [0, 0.05) is 10.6 Å². The smallest absolute Gasteiger partial charge is 0.349 e. The molecule has 0 spiro atoms. The lowest BCUT2D eigenvalue weighted by molar-refractivity contribution is -0.136. The molecular weight excluding hydrogens is 465 g/mol. The van der Waals surface area contributed by atoms with Gasteiger partial charge in [-0.05, 0) is 54.1 Å². The number of methoxy groups -OCH3 is 2. The highest BCUT2D eigenvalue weighted by Crippen LogP contribution is 2.32. The zero-order chi connectivity index (χ0) is 23.8. The third-order valence-corrected chi connectivity index (χ3v) is 5.01. The number of nitrogens with zero attached hydrogens (tertiary/aromatic N) is 1. The van der Waals surface area contributed by atoms with Crippen molar-refractivity contribution in [3.63, 3.8) is 0 Å². The Morgan fingerprint density at radius 1 is 0.939 bits per heavy atom. The van der Waals surface area contributed by atoms with E-state index >= 15 is 0 Å². The molecular formula is C25H19Cl2NO5. The fraction of sp³-hybridized carbons (Fsp3) is 0.120. The SMILES string of the molecule is COc1cc(/C=C(/C#N)c2ccccc2OC)ccc1OC(=O)COc1ccc(Cl)cc1Cl. The highest BCUT2D eigenvalue weighted by Gasteiger charge is 2.14. The highest BCUT2D eigenvalue weighted by atomic mass is 35.5. The standard InChI is InChI=1S/C25H19Cl2NO5/c1-30-21-6-4-3-5-19(21)17(14-28)11-16-7-9-23(24(12-16)31-2)33-25(29)15-32-22-10-8-18(26)13-20(22)27/h3-13H,15H2,1-2H3/b17-11-. The molecule has 3 aromatic carbocycles. The predicted octanol–water partition coefficient (Wildman–Crippen LogP) is 6.06. The number of halogens is 2. The molecule has 0 saturated heterocycles. The first-order chi connectivity index (χ1) is 15.9. The Morgan fingerprint density at radius 3 is 2.36 bits per heavy atom. The summed E-state index contributed by atoms with van der Waals surface area (Å²) in [6, 6.07) is 19.0. The number of rotatable bonds is 8. The molecule has 6 nitrogen and oxygen atoms in total. The van der Waals surface area contributed by atoms with Gasteiger partial charge in [0.25, 0.3) is 0 Å². The van der Waals surface area contributed by atoms with E-state index in [-0.39, 0.29) is 17.4 Å². The van der Waals surface area contributed by atoms with E-state index in [1.54, 1.807) is 55.7 Å². The van der Waals surface area contributed by atoms with Crippen LogP contribution in [0, 0.1) is 11.3 Å². The lowest BCUT2D eigenvalue weighted by Crippen LogP contribution is -2.18. The summed E-state index contributed by atoms with van der Waals surface area (Å²) in [4.78, 5) is 12.3. The van der Waals surface area contributed by atoms with E-state index in [0.29, 0.717) is 39.0 Å². The number of nitriles is 1. The van der Waals surface area contributed by atoms with Crippen molar-refractivity contribution in [2.45, 2.75) is 0 Å². The molecule has 8 heteroatoms. The number of para-hydroxylation sites is 1. The van der Waals surface area contributed by atoms with Crippen molar-refractivity contribution in [1.82, 2.24) is 0 Å². The molecule has 0 aromatic heterocycles. The van der Waals surface area contributed by atoms with Crippen LogP contribution in [0.3, 0.4) is 0 Å². The number of hydrogen-bond acceptors (Lipinski definition) is 6. The van der Waals surface area contributed by atoms with E-state index in [1.165, 1.54) is 13.2 Å². The van der Waals surface area contributed by atoms with Crippen molar-refractivity contribution in [2.75, 3.05) is 20.8 Å². The molecule has 168 valence electrons. The van der Waals surface area contributed by atoms with Crippen LogP contribution < -0.4 is 18.9 Å². The monoisotopic (exact) mass is 483 g/mol. The van der Waals surface area contributed by atoms with E-state index in [4.69, 9.17) is 42.1 Å². The molecule has 0 aliphatic rings. The van der Waals surface area contributed by atoms with Gasteiger partial charge in [-0.25, -0.2) is 4.79 Å². The maximum absolute atomic E-state index is 12.3. The van der Waals surface area contributed by atoms with E-state index in [2.05, 4.69) is 6.07 Å². The Labute approximate surface area is 201 Å². The molecule has 0 heterocycles. The Balaban J connectivity index is 1.75. The first-order valence-corrected chi connectivity index (χ1v) is 10.4. The van der Waals surface area contributed by atoms with E-state index in [0.717, 1.165) is 0 Å². The zero-order valence-electron chi connectivity index (χ0n) is 17.8. The summed E-state index contributed by atoms with van der Waals surface area (Å²) in [7, 11) is 3.00. The fourth-order valence-electron chi connectivity index (χ4n) is 2.94. The average molecular weight is 484 g/mol. The van der Waals surface area contributed by atoms with Crippen LogP contribution in [0.1, 0.15) is 11.1 Å². The summed E-state index contributed by atoms with van der Waals surface area (Å²) in [6.45, 7) is -0.363. The first kappa shape index (κ1) is 24.0. The van der Waals surface area contributed by atoms with Gasteiger partial charge in [0.1, 0.15) is 11.5 Å². The summed E-state index contributed by atoms with van der Waals surface area (Å²) in [5, 5.41) is 10.4. The summed E-state index contributed by atoms with van der Waals surface area (Å²) >= 11 is 11.9. The molecule has 0 amide bonds. The van der Waals surface area contributed by atoms with Crippen molar-refractivity contribution < 1.29 is 23.7 Å². The van der Waals surface area contributed by atoms with Gasteiger partial charge < -0.3 is 18.9 Å². The van der Waals surface area contributed by atoms with Gasteiger partial charge in [-0.2, -0.15) is 5.26 Å².